The average molecular weight is 605 g/mol. The van der Waals surface area contributed by atoms with E-state index < -0.39 is 64.7 Å². The van der Waals surface area contributed by atoms with Gasteiger partial charge in [-0.1, -0.05) is 38.8 Å². The second-order valence-electron chi connectivity index (χ2n) is 13.7. The highest BCUT2D eigenvalue weighted by atomic mass is 16.7. The van der Waals surface area contributed by atoms with Crippen molar-refractivity contribution in [2.24, 2.45) is 45.8 Å². The molecule has 0 aromatic rings. The maximum atomic E-state index is 13.7. The number of carbonyl (C=O) groups excluding carboxylic acids is 4. The maximum Gasteiger partial charge on any atom is 0.315 e. The van der Waals surface area contributed by atoms with Gasteiger partial charge in [0.2, 0.25) is 0 Å². The second kappa shape index (κ2) is 11.3. The Morgan fingerprint density at radius 1 is 1.07 bits per heavy atom. The van der Waals surface area contributed by atoms with Gasteiger partial charge in [-0.05, 0) is 48.9 Å². The van der Waals surface area contributed by atoms with Crippen LogP contribution >= 0.6 is 0 Å². The summed E-state index contributed by atoms with van der Waals surface area (Å²) >= 11 is 0. The van der Waals surface area contributed by atoms with Gasteiger partial charge in [-0.15, -0.1) is 0 Å². The van der Waals surface area contributed by atoms with Crippen LogP contribution in [0.25, 0.3) is 0 Å². The van der Waals surface area contributed by atoms with Gasteiger partial charge >= 0.3 is 23.9 Å². The number of rotatable bonds is 10. The molecule has 3 saturated carbocycles. The van der Waals surface area contributed by atoms with Crippen LogP contribution in [0.4, 0.5) is 0 Å². The van der Waals surface area contributed by atoms with E-state index in [1.807, 2.05) is 13.8 Å². The zero-order valence-electron chi connectivity index (χ0n) is 25.8. The molecule has 1 heterocycles. The van der Waals surface area contributed by atoms with Gasteiger partial charge in [-0.2, -0.15) is 0 Å². The lowest BCUT2D eigenvalue weighted by molar-refractivity contribution is -0.278. The van der Waals surface area contributed by atoms with Gasteiger partial charge in [-0.3, -0.25) is 19.2 Å². The summed E-state index contributed by atoms with van der Waals surface area (Å²) in [7, 11) is 0. The third-order valence-corrected chi connectivity index (χ3v) is 11.2. The molecule has 0 aromatic carbocycles. The molecule has 43 heavy (non-hydrogen) atoms. The van der Waals surface area contributed by atoms with E-state index >= 15 is 0 Å². The molecule has 0 spiro atoms. The summed E-state index contributed by atoms with van der Waals surface area (Å²) in [6, 6.07) is 0. The number of ether oxygens (including phenoxy) is 5. The van der Waals surface area contributed by atoms with Crippen molar-refractivity contribution in [2.45, 2.75) is 98.2 Å². The van der Waals surface area contributed by atoms with Crippen molar-refractivity contribution in [1.82, 2.24) is 0 Å². The van der Waals surface area contributed by atoms with E-state index in [1.54, 1.807) is 0 Å². The van der Waals surface area contributed by atoms with Crippen LogP contribution in [0.5, 0.6) is 0 Å². The molecule has 4 fully saturated rings. The zero-order chi connectivity index (χ0) is 31.5. The van der Waals surface area contributed by atoms with Gasteiger partial charge in [0.05, 0.1) is 12.0 Å². The van der Waals surface area contributed by atoms with Crippen LogP contribution in [-0.4, -0.2) is 73.1 Å². The van der Waals surface area contributed by atoms with Crippen molar-refractivity contribution >= 4 is 30.2 Å². The minimum atomic E-state index is -1.41. The maximum absolute atomic E-state index is 13.7. The van der Waals surface area contributed by atoms with E-state index in [0.29, 0.717) is 18.8 Å². The van der Waals surface area contributed by atoms with Crippen molar-refractivity contribution in [3.8, 4) is 0 Å². The minimum Gasteiger partial charge on any atom is -0.481 e. The molecule has 11 atom stereocenters. The molecule has 5 aliphatic rings. The van der Waals surface area contributed by atoms with Crippen molar-refractivity contribution in [3.63, 3.8) is 0 Å². The molecule has 1 aliphatic heterocycles. The van der Waals surface area contributed by atoms with Gasteiger partial charge in [0.15, 0.2) is 12.4 Å². The Morgan fingerprint density at radius 2 is 1.77 bits per heavy atom. The van der Waals surface area contributed by atoms with E-state index in [9.17, 15) is 29.1 Å². The molecule has 0 amide bonds. The number of esters is 3. The van der Waals surface area contributed by atoms with Crippen LogP contribution in [-0.2, 0) is 47.7 Å². The van der Waals surface area contributed by atoms with Crippen LogP contribution < -0.4 is 0 Å². The van der Waals surface area contributed by atoms with Gasteiger partial charge in [0.25, 0.3) is 0 Å². The number of allylic oxidation sites excluding steroid dienone is 1. The van der Waals surface area contributed by atoms with Crippen LogP contribution in [0.2, 0.25) is 0 Å². The van der Waals surface area contributed by atoms with Crippen molar-refractivity contribution in [3.05, 3.63) is 11.6 Å². The molecule has 238 valence electrons. The van der Waals surface area contributed by atoms with Crippen molar-refractivity contribution in [2.75, 3.05) is 13.2 Å². The van der Waals surface area contributed by atoms with E-state index in [0.717, 1.165) is 24.7 Å². The number of carboxylic acids is 1. The average Bonchev–Trinajstić information content (AvgIpc) is 3.49. The summed E-state index contributed by atoms with van der Waals surface area (Å²) in [6.07, 6.45) is 1.98. The Labute approximate surface area is 252 Å². The number of aliphatic carboxylic acids is 1. The molecule has 0 aromatic heterocycles. The molecular weight excluding hydrogens is 560 g/mol. The van der Waals surface area contributed by atoms with Gasteiger partial charge < -0.3 is 33.6 Å². The number of fused-ring (bicyclic) bond motifs is 2. The molecule has 11 heteroatoms. The molecule has 0 radical (unpaired) electrons. The Bertz CT molecular complexity index is 1210. The highest BCUT2D eigenvalue weighted by molar-refractivity contribution is 5.90. The molecule has 1 N–H and O–H groups in total. The first kappa shape index (κ1) is 31.6. The molecule has 4 aliphatic carbocycles. The van der Waals surface area contributed by atoms with Crippen LogP contribution in [0.1, 0.15) is 73.6 Å². The van der Waals surface area contributed by atoms with Crippen LogP contribution in [0.15, 0.2) is 11.6 Å². The smallest absolute Gasteiger partial charge is 0.315 e. The predicted octanol–water partition coefficient (Wildman–Crippen LogP) is 3.47. The van der Waals surface area contributed by atoms with Crippen molar-refractivity contribution in [1.29, 1.82) is 0 Å². The number of hydrogen-bond acceptors (Lipinski definition) is 10. The van der Waals surface area contributed by atoms with Gasteiger partial charge in [0, 0.05) is 32.6 Å². The van der Waals surface area contributed by atoms with Crippen LogP contribution in [0.3, 0.4) is 0 Å². The summed E-state index contributed by atoms with van der Waals surface area (Å²) in [5.41, 5.74) is -2.51. The third kappa shape index (κ3) is 4.64. The second-order valence-corrected chi connectivity index (χ2v) is 13.7. The van der Waals surface area contributed by atoms with E-state index in [4.69, 9.17) is 23.7 Å². The molecule has 1 saturated heterocycles. The number of aldehydes is 1. The number of carbonyl (C=O) groups is 5. The molecule has 11 nitrogen and oxygen atoms in total. The fourth-order valence-corrected chi connectivity index (χ4v) is 9.88. The first-order valence-corrected chi connectivity index (χ1v) is 15.4. The summed E-state index contributed by atoms with van der Waals surface area (Å²) in [5, 5.41) is 11.2. The molecule has 7 unspecified atom stereocenters. The van der Waals surface area contributed by atoms with Crippen LogP contribution in [0, 0.1) is 45.8 Å². The zero-order valence-corrected chi connectivity index (χ0v) is 25.8. The first-order valence-electron chi connectivity index (χ1n) is 15.4. The first-order chi connectivity index (χ1) is 20.2. The summed E-state index contributed by atoms with van der Waals surface area (Å²) in [6.45, 7) is 9.59. The minimum absolute atomic E-state index is 0.00597. The number of hydrogen-bond donors (Lipinski definition) is 1. The lowest BCUT2D eigenvalue weighted by atomic mass is 9.43. The Hall–Kier alpha value is -2.79. The fourth-order valence-electron chi connectivity index (χ4n) is 9.88. The Balaban J connectivity index is 1.50. The molecule has 5 rings (SSSR count). The predicted molar refractivity (Wildman–Crippen MR) is 149 cm³/mol. The lowest BCUT2D eigenvalue weighted by Crippen LogP contribution is -2.64. The summed E-state index contributed by atoms with van der Waals surface area (Å²) < 4.78 is 28.8. The Morgan fingerprint density at radius 3 is 2.35 bits per heavy atom. The third-order valence-electron chi connectivity index (χ3n) is 11.2. The Kier molecular flexibility index (Phi) is 8.30. The van der Waals surface area contributed by atoms with E-state index in [2.05, 4.69) is 13.0 Å². The normalized spacial score (nSPS) is 42.6. The lowest BCUT2D eigenvalue weighted by Gasteiger charge is -2.58. The largest absolute Gasteiger partial charge is 0.481 e. The standard InChI is InChI=1S/C32H44O11/c1-16(2)24-9-21-11-30(14-33)23-8-7-17(3)22(23)12-31(21,32(24,30)29(37)38)15-40-27-10-25(41-19(5)35)28(42-20(6)36)26(43-27)13-39-18(4)34/h9,14,16-17,21-23,25-28H,7-8,10-13,15H2,1-6H3,(H,37,38)/t17?,21?,22?,23?,25-,26+,27+,28-,30?,31?,32?/m0/s1. The summed E-state index contributed by atoms with van der Waals surface area (Å²) in [4.78, 5) is 62.5. The monoisotopic (exact) mass is 604 g/mol. The molecule has 4 bridgehead atoms. The number of carboxylic acid groups (broad SMARTS) is 1. The summed E-state index contributed by atoms with van der Waals surface area (Å²) in [5.74, 6) is -2.47. The topological polar surface area (TPSA) is 152 Å². The highest BCUT2D eigenvalue weighted by Gasteiger charge is 2.84. The SMILES string of the molecule is CC(=O)OC[C@H]1O[C@@H](OCC23CC4C(C)CCC4C4(C=O)CC2C=C(C(C)C)C43C(=O)O)C[C@H](OC(C)=O)[C@@H]1OC(C)=O. The highest BCUT2D eigenvalue weighted by Crippen LogP contribution is 2.82. The van der Waals surface area contributed by atoms with Gasteiger partial charge in [-0.25, -0.2) is 0 Å². The van der Waals surface area contributed by atoms with Crippen molar-refractivity contribution < 1.29 is 52.8 Å². The quantitative estimate of drug-likeness (QED) is 0.169. The van der Waals surface area contributed by atoms with E-state index in [-0.39, 0.29) is 43.3 Å². The van der Waals surface area contributed by atoms with E-state index in [1.165, 1.54) is 20.8 Å². The molecular formula is C32H44O11. The fraction of sp³-hybridized carbons (Fsp3) is 0.781. The van der Waals surface area contributed by atoms with Gasteiger partial charge in [0.1, 0.15) is 30.5 Å².